The Balaban J connectivity index is 2.60. The van der Waals surface area contributed by atoms with Gasteiger partial charge in [-0.2, -0.15) is 0 Å². The summed E-state index contributed by atoms with van der Waals surface area (Å²) < 4.78 is 0. The van der Waals surface area contributed by atoms with Gasteiger partial charge in [-0.1, -0.05) is 11.8 Å². The molecule has 64 valence electrons. The molecule has 0 aromatic carbocycles. The fraction of sp³-hybridized carbons (Fsp3) is 0.429. The lowest BCUT2D eigenvalue weighted by atomic mass is 10.5. The zero-order valence-corrected chi connectivity index (χ0v) is 7.85. The number of aromatic nitrogens is 2. The van der Waals surface area contributed by atoms with Gasteiger partial charge in [-0.15, -0.1) is 0 Å². The van der Waals surface area contributed by atoms with Crippen LogP contribution in [0.3, 0.4) is 0 Å². The van der Waals surface area contributed by atoms with Crippen molar-refractivity contribution in [2.45, 2.75) is 11.8 Å². The van der Waals surface area contributed by atoms with Gasteiger partial charge in [0.05, 0.1) is 10.8 Å². The first-order valence-electron chi connectivity index (χ1n) is 3.66. The van der Waals surface area contributed by atoms with Crippen LogP contribution in [0.4, 0.5) is 11.6 Å². The average Bonchev–Trinajstić information content (AvgIpc) is 2.33. The Morgan fingerprint density at radius 1 is 1.50 bits per heavy atom. The first kappa shape index (κ1) is 7.67. The van der Waals surface area contributed by atoms with Crippen molar-refractivity contribution in [2.75, 3.05) is 23.6 Å². The van der Waals surface area contributed by atoms with Crippen LogP contribution in [-0.2, 0) is 0 Å². The third-order valence-corrected chi connectivity index (χ3v) is 2.95. The number of aryl methyl sites for hydroxylation is 1. The summed E-state index contributed by atoms with van der Waals surface area (Å²) in [5.41, 5.74) is 5.74. The number of fused-ring (bicyclic) bond motifs is 1. The third kappa shape index (κ3) is 1.01. The maximum atomic E-state index is 5.74. The highest BCUT2D eigenvalue weighted by molar-refractivity contribution is 8.00. The van der Waals surface area contributed by atoms with E-state index in [1.54, 1.807) is 11.8 Å². The molecule has 2 heterocycles. The summed E-state index contributed by atoms with van der Waals surface area (Å²) in [6.07, 6.45) is 0. The molecule has 0 bridgehead atoms. The second kappa shape index (κ2) is 2.52. The van der Waals surface area contributed by atoms with Crippen molar-refractivity contribution in [1.29, 1.82) is 0 Å². The van der Waals surface area contributed by atoms with Gasteiger partial charge in [-0.25, -0.2) is 9.97 Å². The molecule has 12 heavy (non-hydrogen) atoms. The van der Waals surface area contributed by atoms with Crippen molar-refractivity contribution < 1.29 is 0 Å². The van der Waals surface area contributed by atoms with Crippen molar-refractivity contribution >= 4 is 23.4 Å². The molecule has 1 aliphatic rings. The van der Waals surface area contributed by atoms with Crippen LogP contribution in [0.25, 0.3) is 0 Å². The van der Waals surface area contributed by atoms with Crippen molar-refractivity contribution in [1.82, 2.24) is 9.97 Å². The number of hydrogen-bond acceptors (Lipinski definition) is 5. The topological polar surface area (TPSA) is 55.0 Å². The Labute approximate surface area is 75.2 Å². The molecule has 1 aromatic heterocycles. The summed E-state index contributed by atoms with van der Waals surface area (Å²) in [7, 11) is 2.00. The normalized spacial score (nSPS) is 15.0. The first-order chi connectivity index (χ1) is 5.68. The molecule has 4 nitrogen and oxygen atoms in total. The van der Waals surface area contributed by atoms with Gasteiger partial charge in [0.2, 0.25) is 0 Å². The number of rotatable bonds is 0. The molecular weight excluding hydrogens is 172 g/mol. The molecule has 1 aliphatic heterocycles. The Bertz CT molecular complexity index is 325. The van der Waals surface area contributed by atoms with Crippen LogP contribution >= 0.6 is 11.8 Å². The smallest absolute Gasteiger partial charge is 0.148 e. The number of hydrogen-bond donors (Lipinski definition) is 1. The number of nitrogens with two attached hydrogens (primary N) is 1. The number of thioether (sulfide) groups is 1. The standard InChI is InChI=1S/C7H10N4S/c1-4-9-6(8)5-7(10-4)11(2)3-12-5/h3H2,1-2H3,(H2,8,9,10). The van der Waals surface area contributed by atoms with Crippen LogP contribution in [0.1, 0.15) is 5.82 Å². The summed E-state index contributed by atoms with van der Waals surface area (Å²) in [5.74, 6) is 3.22. The lowest BCUT2D eigenvalue weighted by Gasteiger charge is -2.09. The van der Waals surface area contributed by atoms with Gasteiger partial charge >= 0.3 is 0 Å². The maximum absolute atomic E-state index is 5.74. The quantitative estimate of drug-likeness (QED) is 0.645. The van der Waals surface area contributed by atoms with E-state index in [9.17, 15) is 0 Å². The molecular formula is C7H10N4S. The van der Waals surface area contributed by atoms with E-state index in [4.69, 9.17) is 5.73 Å². The van der Waals surface area contributed by atoms with Crippen LogP contribution in [0.2, 0.25) is 0 Å². The molecule has 0 fully saturated rings. The number of nitrogens with zero attached hydrogens (tertiary/aromatic N) is 3. The van der Waals surface area contributed by atoms with Crippen LogP contribution in [0.5, 0.6) is 0 Å². The van der Waals surface area contributed by atoms with E-state index in [0.717, 1.165) is 22.4 Å². The van der Waals surface area contributed by atoms with Crippen LogP contribution in [0.15, 0.2) is 4.90 Å². The molecule has 0 atom stereocenters. The highest BCUT2D eigenvalue weighted by Gasteiger charge is 2.21. The van der Waals surface area contributed by atoms with Crippen LogP contribution in [-0.4, -0.2) is 22.9 Å². The molecule has 0 saturated carbocycles. The van der Waals surface area contributed by atoms with Crippen molar-refractivity contribution in [3.8, 4) is 0 Å². The molecule has 5 heteroatoms. The molecule has 0 radical (unpaired) electrons. The zero-order valence-electron chi connectivity index (χ0n) is 7.03. The lowest BCUT2D eigenvalue weighted by Crippen LogP contribution is -2.13. The monoisotopic (exact) mass is 182 g/mol. The Morgan fingerprint density at radius 2 is 2.25 bits per heavy atom. The predicted octanol–water partition coefficient (Wildman–Crippen LogP) is 0.867. The minimum Gasteiger partial charge on any atom is -0.383 e. The Kier molecular flexibility index (Phi) is 1.61. The van der Waals surface area contributed by atoms with E-state index < -0.39 is 0 Å². The molecule has 0 unspecified atom stereocenters. The fourth-order valence-corrected chi connectivity index (χ4v) is 2.16. The van der Waals surface area contributed by atoms with Crippen molar-refractivity contribution in [3.05, 3.63) is 5.82 Å². The van der Waals surface area contributed by atoms with Gasteiger partial charge in [-0.05, 0) is 6.92 Å². The minimum absolute atomic E-state index is 0.604. The minimum atomic E-state index is 0.604. The average molecular weight is 182 g/mol. The summed E-state index contributed by atoms with van der Waals surface area (Å²) in [4.78, 5) is 11.5. The van der Waals surface area contributed by atoms with Crippen molar-refractivity contribution in [3.63, 3.8) is 0 Å². The largest absolute Gasteiger partial charge is 0.383 e. The predicted molar refractivity (Wildman–Crippen MR) is 50.3 cm³/mol. The lowest BCUT2D eigenvalue weighted by molar-refractivity contribution is 0.967. The van der Waals surface area contributed by atoms with E-state index in [0.29, 0.717) is 5.82 Å². The molecule has 0 spiro atoms. The first-order valence-corrected chi connectivity index (χ1v) is 4.65. The highest BCUT2D eigenvalue weighted by atomic mass is 32.2. The third-order valence-electron chi connectivity index (χ3n) is 1.75. The molecule has 0 saturated heterocycles. The summed E-state index contributed by atoms with van der Waals surface area (Å²) in [6, 6.07) is 0. The van der Waals surface area contributed by atoms with Gasteiger partial charge in [0.25, 0.3) is 0 Å². The maximum Gasteiger partial charge on any atom is 0.148 e. The molecule has 1 aromatic rings. The van der Waals surface area contributed by atoms with Gasteiger partial charge in [0.1, 0.15) is 17.5 Å². The van der Waals surface area contributed by atoms with Crippen LogP contribution < -0.4 is 10.6 Å². The van der Waals surface area contributed by atoms with E-state index in [-0.39, 0.29) is 0 Å². The number of anilines is 2. The molecule has 0 aliphatic carbocycles. The van der Waals surface area contributed by atoms with Crippen molar-refractivity contribution in [2.24, 2.45) is 0 Å². The van der Waals surface area contributed by atoms with Gasteiger partial charge in [0, 0.05) is 7.05 Å². The van der Waals surface area contributed by atoms with Gasteiger partial charge in [0.15, 0.2) is 0 Å². The van der Waals surface area contributed by atoms with E-state index in [1.807, 2.05) is 14.0 Å². The second-order valence-electron chi connectivity index (χ2n) is 2.78. The molecule has 2 N–H and O–H groups in total. The fourth-order valence-electron chi connectivity index (χ4n) is 1.19. The zero-order chi connectivity index (χ0) is 8.72. The summed E-state index contributed by atoms with van der Waals surface area (Å²) in [6.45, 7) is 1.85. The highest BCUT2D eigenvalue weighted by Crippen LogP contribution is 2.38. The Hall–Kier alpha value is -0.970. The number of nitrogen functional groups attached to an aromatic ring is 1. The van der Waals surface area contributed by atoms with Gasteiger partial charge < -0.3 is 10.6 Å². The van der Waals surface area contributed by atoms with Crippen LogP contribution in [0, 0.1) is 6.92 Å². The van der Waals surface area contributed by atoms with E-state index in [2.05, 4.69) is 14.9 Å². The SMILES string of the molecule is Cc1nc(N)c2c(n1)N(C)CS2. The molecule has 2 rings (SSSR count). The molecule has 0 amide bonds. The summed E-state index contributed by atoms with van der Waals surface area (Å²) in [5, 5.41) is 0. The van der Waals surface area contributed by atoms with E-state index in [1.165, 1.54) is 0 Å². The second-order valence-corrected chi connectivity index (χ2v) is 3.74. The summed E-state index contributed by atoms with van der Waals surface area (Å²) >= 11 is 1.69. The van der Waals surface area contributed by atoms with Gasteiger partial charge in [-0.3, -0.25) is 0 Å². The van der Waals surface area contributed by atoms with E-state index >= 15 is 0 Å². The Morgan fingerprint density at radius 3 is 3.00 bits per heavy atom.